The molecule has 2 aromatic carbocycles. The van der Waals surface area contributed by atoms with E-state index in [1.807, 2.05) is 12.1 Å². The average molecular weight is 299 g/mol. The maximum atomic E-state index is 13.3. The van der Waals surface area contributed by atoms with Gasteiger partial charge in [-0.2, -0.15) is 8.78 Å². The van der Waals surface area contributed by atoms with Crippen molar-refractivity contribution in [3.8, 4) is 5.75 Å². The summed E-state index contributed by atoms with van der Waals surface area (Å²) in [5.41, 5.74) is 7.15. The second-order valence-corrected chi connectivity index (χ2v) is 4.49. The van der Waals surface area contributed by atoms with Gasteiger partial charge in [-0.05, 0) is 30.5 Å². The third-order valence-corrected chi connectivity index (χ3v) is 2.91. The fourth-order valence-corrected chi connectivity index (χ4v) is 1.81. The first-order valence-electron chi connectivity index (χ1n) is 6.29. The van der Waals surface area contributed by atoms with Gasteiger partial charge in [0.2, 0.25) is 11.6 Å². The number of hydrogen-bond acceptors (Lipinski definition) is 2. The van der Waals surface area contributed by atoms with Crippen LogP contribution < -0.4 is 10.5 Å². The van der Waals surface area contributed by atoms with Crippen molar-refractivity contribution >= 4 is 5.69 Å². The van der Waals surface area contributed by atoms with Crippen LogP contribution in [-0.2, 0) is 6.42 Å². The van der Waals surface area contributed by atoms with Crippen molar-refractivity contribution in [2.24, 2.45) is 0 Å². The monoisotopic (exact) mass is 299 g/mol. The molecule has 0 atom stereocenters. The molecule has 0 saturated heterocycles. The summed E-state index contributed by atoms with van der Waals surface area (Å²) >= 11 is 0. The quantitative estimate of drug-likeness (QED) is 0.394. The predicted molar refractivity (Wildman–Crippen MR) is 70.9 cm³/mol. The van der Waals surface area contributed by atoms with E-state index in [2.05, 4.69) is 0 Å². The van der Waals surface area contributed by atoms with E-state index in [0.717, 1.165) is 5.56 Å². The zero-order chi connectivity index (χ0) is 15.4. The number of hydrogen-bond donors (Lipinski definition) is 1. The minimum Gasteiger partial charge on any atom is -0.487 e. The molecule has 112 valence electrons. The second kappa shape index (κ2) is 6.47. The molecule has 2 N–H and O–H groups in total. The summed E-state index contributed by atoms with van der Waals surface area (Å²) in [6.45, 7) is -0.0683. The van der Waals surface area contributed by atoms with Crippen LogP contribution in [0.15, 0.2) is 30.3 Å². The zero-order valence-corrected chi connectivity index (χ0v) is 11.0. The molecule has 0 amide bonds. The Morgan fingerprint density at radius 3 is 2.05 bits per heavy atom. The highest BCUT2D eigenvalue weighted by atomic mass is 19.2. The lowest BCUT2D eigenvalue weighted by molar-refractivity contribution is 0.267. The fraction of sp³-hybridized carbons (Fsp3) is 0.200. The molecule has 0 bridgehead atoms. The number of benzene rings is 2. The molecule has 0 fully saturated rings. The molecule has 6 heteroatoms. The molecule has 0 aromatic heterocycles. The summed E-state index contributed by atoms with van der Waals surface area (Å²) in [7, 11) is 0. The molecule has 2 nitrogen and oxygen atoms in total. The van der Waals surface area contributed by atoms with E-state index in [-0.39, 0.29) is 12.7 Å². The molecule has 0 aliphatic heterocycles. The summed E-state index contributed by atoms with van der Waals surface area (Å²) in [5.74, 6) is -7.04. The molecule has 0 radical (unpaired) electrons. The third-order valence-electron chi connectivity index (χ3n) is 2.91. The topological polar surface area (TPSA) is 35.2 Å². The van der Waals surface area contributed by atoms with Crippen LogP contribution in [0.2, 0.25) is 0 Å². The van der Waals surface area contributed by atoms with Crippen molar-refractivity contribution in [1.29, 1.82) is 0 Å². The van der Waals surface area contributed by atoms with E-state index in [0.29, 0.717) is 18.5 Å². The molecule has 2 rings (SSSR count). The molecule has 0 aliphatic rings. The van der Waals surface area contributed by atoms with Gasteiger partial charge in [0.05, 0.1) is 6.61 Å². The summed E-state index contributed by atoms with van der Waals surface area (Å²) in [5, 5.41) is 0. The van der Waals surface area contributed by atoms with Crippen LogP contribution >= 0.6 is 0 Å². The Hall–Kier alpha value is -2.24. The molecule has 21 heavy (non-hydrogen) atoms. The first kappa shape index (κ1) is 15.2. The summed E-state index contributed by atoms with van der Waals surface area (Å²) < 4.78 is 57.4. The Balaban J connectivity index is 1.93. The smallest absolute Gasteiger partial charge is 0.203 e. The van der Waals surface area contributed by atoms with Crippen molar-refractivity contribution in [2.75, 3.05) is 12.3 Å². The molecule has 2 aromatic rings. The van der Waals surface area contributed by atoms with Gasteiger partial charge in [0.15, 0.2) is 17.4 Å². The van der Waals surface area contributed by atoms with Crippen molar-refractivity contribution in [3.63, 3.8) is 0 Å². The molecule has 0 heterocycles. The van der Waals surface area contributed by atoms with Crippen molar-refractivity contribution in [2.45, 2.75) is 12.8 Å². The maximum Gasteiger partial charge on any atom is 0.203 e. The second-order valence-electron chi connectivity index (χ2n) is 4.49. The largest absolute Gasteiger partial charge is 0.487 e. The SMILES string of the molecule is Nc1ccc(CCCOc2c(F)c(F)cc(F)c2F)cc1. The van der Waals surface area contributed by atoms with E-state index >= 15 is 0 Å². The third kappa shape index (κ3) is 3.65. The van der Waals surface area contributed by atoms with Crippen LogP contribution in [0.5, 0.6) is 5.75 Å². The highest BCUT2D eigenvalue weighted by Gasteiger charge is 2.20. The van der Waals surface area contributed by atoms with E-state index in [1.54, 1.807) is 12.1 Å². The number of nitrogen functional groups attached to an aromatic ring is 1. The van der Waals surface area contributed by atoms with Gasteiger partial charge in [0.1, 0.15) is 0 Å². The lowest BCUT2D eigenvalue weighted by atomic mass is 10.1. The first-order chi connectivity index (χ1) is 9.99. The van der Waals surface area contributed by atoms with E-state index in [9.17, 15) is 17.6 Å². The highest BCUT2D eigenvalue weighted by molar-refractivity contribution is 5.39. The number of rotatable bonds is 5. The van der Waals surface area contributed by atoms with Gasteiger partial charge in [-0.15, -0.1) is 0 Å². The van der Waals surface area contributed by atoms with Crippen LogP contribution in [-0.4, -0.2) is 6.61 Å². The van der Waals surface area contributed by atoms with E-state index in [1.165, 1.54) is 0 Å². The molecule has 0 spiro atoms. The lowest BCUT2D eigenvalue weighted by Gasteiger charge is -2.09. The Morgan fingerprint density at radius 1 is 0.905 bits per heavy atom. The number of anilines is 1. The van der Waals surface area contributed by atoms with Gasteiger partial charge in [-0.1, -0.05) is 12.1 Å². The standard InChI is InChI=1S/C15H13F4NO/c16-11-8-12(17)14(19)15(13(11)18)21-7-1-2-9-3-5-10(20)6-4-9/h3-6,8H,1-2,7,20H2. The Labute approximate surface area is 119 Å². The van der Waals surface area contributed by atoms with Gasteiger partial charge in [0, 0.05) is 11.8 Å². The van der Waals surface area contributed by atoms with Crippen molar-refractivity contribution in [1.82, 2.24) is 0 Å². The summed E-state index contributed by atoms with van der Waals surface area (Å²) in [6.07, 6.45) is 1.02. The number of nitrogens with two attached hydrogens (primary N) is 1. The fourth-order valence-electron chi connectivity index (χ4n) is 1.81. The Kier molecular flexibility index (Phi) is 4.67. The van der Waals surface area contributed by atoms with Crippen molar-refractivity contribution < 1.29 is 22.3 Å². The summed E-state index contributed by atoms with van der Waals surface area (Å²) in [4.78, 5) is 0. The summed E-state index contributed by atoms with van der Waals surface area (Å²) in [6, 6.07) is 7.25. The van der Waals surface area contributed by atoms with E-state index in [4.69, 9.17) is 10.5 Å². The van der Waals surface area contributed by atoms with Crippen LogP contribution in [0.3, 0.4) is 0 Å². The predicted octanol–water partition coefficient (Wildman–Crippen LogP) is 3.84. The minimum atomic E-state index is -1.53. The molecular formula is C15H13F4NO. The Bertz CT molecular complexity index is 602. The van der Waals surface area contributed by atoms with Gasteiger partial charge in [-0.25, -0.2) is 8.78 Å². The highest BCUT2D eigenvalue weighted by Crippen LogP contribution is 2.26. The number of halogens is 4. The zero-order valence-electron chi connectivity index (χ0n) is 11.0. The van der Waals surface area contributed by atoms with E-state index < -0.39 is 29.0 Å². The van der Waals surface area contributed by atoms with Crippen LogP contribution in [0.4, 0.5) is 23.2 Å². The van der Waals surface area contributed by atoms with Gasteiger partial charge >= 0.3 is 0 Å². The average Bonchev–Trinajstić information content (AvgIpc) is 2.46. The number of aryl methyl sites for hydroxylation is 1. The van der Waals surface area contributed by atoms with Crippen LogP contribution in [0.1, 0.15) is 12.0 Å². The maximum absolute atomic E-state index is 13.3. The van der Waals surface area contributed by atoms with Crippen molar-refractivity contribution in [3.05, 3.63) is 59.2 Å². The molecule has 0 aliphatic carbocycles. The minimum absolute atomic E-state index is 0.0683. The number of ether oxygens (including phenoxy) is 1. The molecule has 0 saturated carbocycles. The van der Waals surface area contributed by atoms with Crippen LogP contribution in [0, 0.1) is 23.3 Å². The van der Waals surface area contributed by atoms with Gasteiger partial charge in [-0.3, -0.25) is 0 Å². The van der Waals surface area contributed by atoms with Gasteiger partial charge in [0.25, 0.3) is 0 Å². The van der Waals surface area contributed by atoms with Gasteiger partial charge < -0.3 is 10.5 Å². The Morgan fingerprint density at radius 2 is 1.48 bits per heavy atom. The van der Waals surface area contributed by atoms with Crippen LogP contribution in [0.25, 0.3) is 0 Å². The molecule has 0 unspecified atom stereocenters. The molecular weight excluding hydrogens is 286 g/mol. The lowest BCUT2D eigenvalue weighted by Crippen LogP contribution is -2.06. The first-order valence-corrected chi connectivity index (χ1v) is 6.29. The normalized spacial score (nSPS) is 10.7.